The Morgan fingerprint density at radius 1 is 1.33 bits per heavy atom. The summed E-state index contributed by atoms with van der Waals surface area (Å²) in [6, 6.07) is 2.71. The summed E-state index contributed by atoms with van der Waals surface area (Å²) in [4.78, 5) is 27.8. The molecule has 0 spiro atoms. The maximum Gasteiger partial charge on any atom is 0.573 e. The second-order valence-electron chi connectivity index (χ2n) is 11.6. The highest BCUT2D eigenvalue weighted by Gasteiger charge is 2.52. The van der Waals surface area contributed by atoms with E-state index in [0.717, 1.165) is 0 Å². The summed E-state index contributed by atoms with van der Waals surface area (Å²) in [7, 11) is 1.54. The zero-order valence-corrected chi connectivity index (χ0v) is 22.6. The number of amides is 2. The second-order valence-corrected chi connectivity index (χ2v) is 11.6. The van der Waals surface area contributed by atoms with E-state index in [0.29, 0.717) is 30.8 Å². The molecule has 0 bridgehead atoms. The lowest BCUT2D eigenvalue weighted by molar-refractivity contribution is -0.274. The molecule has 1 saturated heterocycles. The summed E-state index contributed by atoms with van der Waals surface area (Å²) in [6.45, 7) is 7.68. The molecule has 2 unspecified atom stereocenters. The summed E-state index contributed by atoms with van der Waals surface area (Å²) in [6.07, 6.45) is -0.268. The SMILES string of the molecule is COC/C=C/[C@@H](C1C[C@H]1C(=O)NC1CC(C)(C)Oc2ccc(OC(F)(F)F)cc21)N1C(=N)NC(C)(C)CC1=O. The molecule has 1 aromatic carbocycles. The van der Waals surface area contributed by atoms with Crippen molar-refractivity contribution in [2.24, 2.45) is 11.8 Å². The highest BCUT2D eigenvalue weighted by molar-refractivity contribution is 6.00. The number of alkyl halides is 3. The first kappa shape index (κ1) is 28.7. The molecular weight excluding hydrogens is 517 g/mol. The Kier molecular flexibility index (Phi) is 7.63. The average Bonchev–Trinajstić information content (AvgIpc) is 3.56. The Bertz CT molecular complexity index is 1150. The van der Waals surface area contributed by atoms with Crippen LogP contribution in [0.2, 0.25) is 0 Å². The fourth-order valence-corrected chi connectivity index (χ4v) is 5.37. The average molecular weight is 553 g/mol. The number of halogens is 3. The van der Waals surface area contributed by atoms with Gasteiger partial charge in [-0.2, -0.15) is 0 Å². The number of carbonyl (C=O) groups excluding carboxylic acids is 2. The van der Waals surface area contributed by atoms with Crippen LogP contribution in [0.1, 0.15) is 58.6 Å². The number of methoxy groups -OCH3 is 1. The molecule has 12 heteroatoms. The molecule has 3 aliphatic rings. The van der Waals surface area contributed by atoms with E-state index < -0.39 is 41.3 Å². The lowest BCUT2D eigenvalue weighted by atomic mass is 9.89. The Hall–Kier alpha value is -3.28. The number of rotatable bonds is 8. The van der Waals surface area contributed by atoms with Crippen molar-refractivity contribution in [3.05, 3.63) is 35.9 Å². The molecular formula is C27H35F3N4O5. The van der Waals surface area contributed by atoms with Gasteiger partial charge in [0.2, 0.25) is 11.8 Å². The Morgan fingerprint density at radius 3 is 2.69 bits per heavy atom. The smallest absolute Gasteiger partial charge is 0.487 e. The summed E-state index contributed by atoms with van der Waals surface area (Å²) >= 11 is 0. The number of hydrogen-bond donors (Lipinski definition) is 3. The molecule has 214 valence electrons. The van der Waals surface area contributed by atoms with Gasteiger partial charge in [-0.05, 0) is 58.2 Å². The molecule has 2 heterocycles. The zero-order chi connectivity index (χ0) is 28.8. The molecule has 39 heavy (non-hydrogen) atoms. The molecule has 2 aliphatic heterocycles. The zero-order valence-electron chi connectivity index (χ0n) is 22.6. The predicted molar refractivity (Wildman–Crippen MR) is 136 cm³/mol. The van der Waals surface area contributed by atoms with Crippen LogP contribution in [0.15, 0.2) is 30.4 Å². The molecule has 2 amide bonds. The van der Waals surface area contributed by atoms with E-state index in [-0.39, 0.29) is 30.1 Å². The fourth-order valence-electron chi connectivity index (χ4n) is 5.37. The van der Waals surface area contributed by atoms with Crippen LogP contribution in [0, 0.1) is 17.2 Å². The quantitative estimate of drug-likeness (QED) is 0.420. The summed E-state index contributed by atoms with van der Waals surface area (Å²) < 4.78 is 53.6. The number of carbonyl (C=O) groups is 2. The van der Waals surface area contributed by atoms with Crippen molar-refractivity contribution >= 4 is 17.8 Å². The lowest BCUT2D eigenvalue weighted by Gasteiger charge is -2.41. The van der Waals surface area contributed by atoms with E-state index >= 15 is 0 Å². The van der Waals surface area contributed by atoms with Crippen LogP contribution in [-0.2, 0) is 14.3 Å². The van der Waals surface area contributed by atoms with Crippen molar-refractivity contribution in [3.63, 3.8) is 0 Å². The van der Waals surface area contributed by atoms with Gasteiger partial charge in [0.25, 0.3) is 0 Å². The third-order valence-corrected chi connectivity index (χ3v) is 7.06. The summed E-state index contributed by atoms with van der Waals surface area (Å²) in [5, 5.41) is 14.5. The number of nitrogens with one attached hydrogen (secondary N) is 3. The standard InChI is InChI=1S/C27H35F3N4O5/c1-25(2)14-22(35)34(24(31)33-25)20(7-6-10-37-5)16-12-17(16)23(36)32-19-13-26(3,4)39-21-9-8-15(11-18(19)21)38-27(28,29)30/h6-9,11,16-17,19-20H,10,12-14H2,1-5H3,(H2,31,33)(H,32,36)/b7-6+/t16?,17-,19?,20+/m1/s1. The number of nitrogens with zero attached hydrogens (tertiary/aromatic N) is 1. The van der Waals surface area contributed by atoms with Crippen molar-refractivity contribution in [3.8, 4) is 11.5 Å². The van der Waals surface area contributed by atoms with E-state index in [1.165, 1.54) is 23.1 Å². The Morgan fingerprint density at radius 2 is 2.05 bits per heavy atom. The largest absolute Gasteiger partial charge is 0.573 e. The van der Waals surface area contributed by atoms with E-state index in [9.17, 15) is 22.8 Å². The minimum Gasteiger partial charge on any atom is -0.487 e. The monoisotopic (exact) mass is 552 g/mol. The highest BCUT2D eigenvalue weighted by atomic mass is 19.4. The molecule has 2 fully saturated rings. The van der Waals surface area contributed by atoms with Crippen molar-refractivity contribution in [2.45, 2.75) is 76.5 Å². The first-order valence-electron chi connectivity index (χ1n) is 12.8. The molecule has 4 atom stereocenters. The molecule has 4 rings (SSSR count). The maximum atomic E-state index is 13.4. The van der Waals surface area contributed by atoms with Gasteiger partial charge in [0, 0.05) is 37.0 Å². The van der Waals surface area contributed by atoms with Gasteiger partial charge >= 0.3 is 6.36 Å². The highest BCUT2D eigenvalue weighted by Crippen LogP contribution is 2.47. The van der Waals surface area contributed by atoms with Crippen LogP contribution in [0.4, 0.5) is 13.2 Å². The molecule has 0 radical (unpaired) electrons. The van der Waals surface area contributed by atoms with E-state index in [1.54, 1.807) is 19.3 Å². The van der Waals surface area contributed by atoms with Gasteiger partial charge in [0.1, 0.15) is 17.1 Å². The van der Waals surface area contributed by atoms with Crippen molar-refractivity contribution in [2.75, 3.05) is 13.7 Å². The van der Waals surface area contributed by atoms with Crippen molar-refractivity contribution < 1.29 is 37.0 Å². The van der Waals surface area contributed by atoms with E-state index in [4.69, 9.17) is 14.9 Å². The maximum absolute atomic E-state index is 13.4. The van der Waals surface area contributed by atoms with Gasteiger partial charge < -0.3 is 24.8 Å². The Labute approximate surface area is 225 Å². The number of fused-ring (bicyclic) bond motifs is 1. The molecule has 1 saturated carbocycles. The molecule has 1 aromatic rings. The van der Waals surface area contributed by atoms with E-state index in [1.807, 2.05) is 27.7 Å². The van der Waals surface area contributed by atoms with Gasteiger partial charge in [0.05, 0.1) is 18.7 Å². The first-order chi connectivity index (χ1) is 18.1. The normalized spacial score (nSPS) is 26.4. The van der Waals surface area contributed by atoms with Crippen molar-refractivity contribution in [1.29, 1.82) is 5.41 Å². The number of ether oxygens (including phenoxy) is 3. The van der Waals surface area contributed by atoms with Gasteiger partial charge in [0.15, 0.2) is 5.96 Å². The molecule has 1 aliphatic carbocycles. The third kappa shape index (κ3) is 6.84. The van der Waals surface area contributed by atoms with Crippen LogP contribution < -0.4 is 20.1 Å². The van der Waals surface area contributed by atoms with E-state index in [2.05, 4.69) is 15.4 Å². The number of hydrogen-bond acceptors (Lipinski definition) is 6. The van der Waals surface area contributed by atoms with Crippen LogP contribution in [-0.4, -0.2) is 59.9 Å². The second kappa shape index (κ2) is 10.4. The van der Waals surface area contributed by atoms with Gasteiger partial charge in [-0.25, -0.2) is 0 Å². The fraction of sp³-hybridized carbons (Fsp3) is 0.593. The lowest BCUT2D eigenvalue weighted by Crippen LogP contribution is -2.62. The topological polar surface area (TPSA) is 113 Å². The van der Waals surface area contributed by atoms with Crippen LogP contribution >= 0.6 is 0 Å². The van der Waals surface area contributed by atoms with Crippen LogP contribution in [0.3, 0.4) is 0 Å². The first-order valence-corrected chi connectivity index (χ1v) is 12.8. The number of guanidine groups is 1. The summed E-state index contributed by atoms with van der Waals surface area (Å²) in [5.74, 6) is -1.20. The van der Waals surface area contributed by atoms with Crippen LogP contribution in [0.25, 0.3) is 0 Å². The minimum atomic E-state index is -4.85. The third-order valence-electron chi connectivity index (χ3n) is 7.06. The molecule has 9 nitrogen and oxygen atoms in total. The van der Waals surface area contributed by atoms with Crippen molar-refractivity contribution in [1.82, 2.24) is 15.5 Å². The Balaban J connectivity index is 1.53. The van der Waals surface area contributed by atoms with Gasteiger partial charge in [-0.15, -0.1) is 13.2 Å². The molecule has 3 N–H and O–H groups in total. The van der Waals surface area contributed by atoms with Gasteiger partial charge in [-0.3, -0.25) is 19.9 Å². The molecule has 0 aromatic heterocycles. The van der Waals surface area contributed by atoms with Crippen LogP contribution in [0.5, 0.6) is 11.5 Å². The minimum absolute atomic E-state index is 0.0216. The summed E-state index contributed by atoms with van der Waals surface area (Å²) in [5.41, 5.74) is -0.818. The predicted octanol–water partition coefficient (Wildman–Crippen LogP) is 4.05. The van der Waals surface area contributed by atoms with Gasteiger partial charge in [-0.1, -0.05) is 12.2 Å². The number of benzene rings is 1.